The smallest absolute Gasteiger partial charge is 0.325 e. The number of unbranched alkanes of at least 4 members (excludes halogenated alkanes) is 11. The van der Waals surface area contributed by atoms with Crippen LogP contribution in [0.25, 0.3) is 0 Å². The predicted octanol–water partition coefficient (Wildman–Crippen LogP) is 7.84. The van der Waals surface area contributed by atoms with Crippen LogP contribution >= 0.6 is 0 Å². The van der Waals surface area contributed by atoms with Crippen molar-refractivity contribution in [3.8, 4) is 0 Å². The van der Waals surface area contributed by atoms with Gasteiger partial charge in [0.05, 0.1) is 6.04 Å². The van der Waals surface area contributed by atoms with Crippen LogP contribution in [0.3, 0.4) is 0 Å². The van der Waals surface area contributed by atoms with Crippen molar-refractivity contribution in [1.29, 1.82) is 0 Å². The van der Waals surface area contributed by atoms with Gasteiger partial charge in [0.25, 0.3) is 0 Å². The fourth-order valence-corrected chi connectivity index (χ4v) is 4.31. The van der Waals surface area contributed by atoms with E-state index < -0.39 is 5.60 Å². The van der Waals surface area contributed by atoms with Crippen LogP contribution in [0, 0.1) is 0 Å². The zero-order chi connectivity index (χ0) is 23.2. The van der Waals surface area contributed by atoms with Gasteiger partial charge >= 0.3 is 5.97 Å². The van der Waals surface area contributed by atoms with Gasteiger partial charge in [-0.25, -0.2) is 0 Å². The van der Waals surface area contributed by atoms with Gasteiger partial charge in [-0.2, -0.15) is 0 Å². The van der Waals surface area contributed by atoms with Crippen LogP contribution in [0.2, 0.25) is 0 Å². The number of carbonyl (C=O) groups excluding carboxylic acids is 1. The number of hydrogen-bond donors (Lipinski definition) is 0. The average molecular weight is 442 g/mol. The second-order valence-electron chi connectivity index (χ2n) is 10.4. The number of ether oxygens (including phenoxy) is 1. The minimum atomic E-state index is -0.443. The molecule has 0 spiro atoms. The van der Waals surface area contributed by atoms with Crippen molar-refractivity contribution in [2.75, 3.05) is 0 Å². The Morgan fingerprint density at radius 3 is 2.03 bits per heavy atom. The summed E-state index contributed by atoms with van der Waals surface area (Å²) in [6, 6.07) is 10.4. The van der Waals surface area contributed by atoms with Crippen LogP contribution in [0.15, 0.2) is 42.5 Å². The zero-order valence-electron chi connectivity index (χ0n) is 21.2. The van der Waals surface area contributed by atoms with Gasteiger partial charge in [-0.1, -0.05) is 114 Å². The van der Waals surface area contributed by atoms with Gasteiger partial charge in [-0.3, -0.25) is 9.69 Å². The molecule has 1 unspecified atom stereocenters. The molecule has 0 aromatic heterocycles. The Hall–Kier alpha value is -1.61. The minimum absolute atomic E-state index is 0.0993. The van der Waals surface area contributed by atoms with E-state index in [1.165, 1.54) is 76.2 Å². The molecule has 1 saturated heterocycles. The van der Waals surface area contributed by atoms with E-state index in [1.807, 2.05) is 26.8 Å². The van der Waals surface area contributed by atoms with Crippen molar-refractivity contribution in [2.24, 2.45) is 0 Å². The Balaban J connectivity index is 1.64. The lowest BCUT2D eigenvalue weighted by Gasteiger charge is -2.19. The average Bonchev–Trinajstić information content (AvgIpc) is 3.43. The van der Waals surface area contributed by atoms with E-state index in [0.717, 1.165) is 13.0 Å². The monoisotopic (exact) mass is 441 g/mol. The fraction of sp³-hybridized carbons (Fsp3) is 0.690. The molecule has 0 amide bonds. The first-order valence-corrected chi connectivity index (χ1v) is 13.1. The molecule has 0 radical (unpaired) electrons. The molecule has 1 fully saturated rings. The lowest BCUT2D eigenvalue weighted by Crippen LogP contribution is -2.28. The zero-order valence-corrected chi connectivity index (χ0v) is 21.2. The number of allylic oxidation sites excluding steroid dienone is 1. The maximum absolute atomic E-state index is 12.7. The van der Waals surface area contributed by atoms with E-state index in [2.05, 4.69) is 48.2 Å². The molecule has 3 atom stereocenters. The minimum Gasteiger partial charge on any atom is -0.459 e. The van der Waals surface area contributed by atoms with Crippen molar-refractivity contribution >= 4 is 5.97 Å². The number of esters is 1. The van der Waals surface area contributed by atoms with Gasteiger partial charge < -0.3 is 4.74 Å². The standard InChI is InChI=1S/C29H47NO2/c1-5-6-7-8-9-10-11-12-13-14-15-16-20-23-26-27(28(31)32-29(2,3)4)30(26)24-25-21-18-17-19-22-25/h17-23,26-27H,5-16,24H2,1-4H3/b23-20+/t26-,27+,30?/m0/s1. The van der Waals surface area contributed by atoms with Crippen LogP contribution in [0.4, 0.5) is 0 Å². The van der Waals surface area contributed by atoms with Crippen molar-refractivity contribution in [1.82, 2.24) is 4.90 Å². The van der Waals surface area contributed by atoms with Crippen molar-refractivity contribution < 1.29 is 9.53 Å². The van der Waals surface area contributed by atoms with E-state index in [0.29, 0.717) is 0 Å². The molecule has 1 aliphatic rings. The van der Waals surface area contributed by atoms with Gasteiger partial charge in [0, 0.05) is 6.54 Å². The van der Waals surface area contributed by atoms with Crippen molar-refractivity contribution in [3.05, 3.63) is 48.0 Å². The van der Waals surface area contributed by atoms with E-state index in [9.17, 15) is 4.79 Å². The molecule has 2 rings (SSSR count). The molecule has 32 heavy (non-hydrogen) atoms. The molecule has 0 aliphatic carbocycles. The third-order valence-electron chi connectivity index (χ3n) is 6.14. The lowest BCUT2D eigenvalue weighted by molar-refractivity contribution is -0.155. The highest BCUT2D eigenvalue weighted by molar-refractivity contribution is 5.81. The van der Waals surface area contributed by atoms with Crippen LogP contribution < -0.4 is 0 Å². The second kappa shape index (κ2) is 14.5. The first kappa shape index (κ1) is 26.6. The van der Waals surface area contributed by atoms with Gasteiger partial charge in [-0.05, 0) is 39.2 Å². The molecule has 1 aromatic carbocycles. The fourth-order valence-electron chi connectivity index (χ4n) is 4.31. The number of hydrogen-bond acceptors (Lipinski definition) is 3. The molecular formula is C29H47NO2. The summed E-state index contributed by atoms with van der Waals surface area (Å²) in [5, 5.41) is 0. The third kappa shape index (κ3) is 10.8. The Kier molecular flexibility index (Phi) is 12.1. The molecule has 0 saturated carbocycles. The van der Waals surface area contributed by atoms with Crippen LogP contribution in [0.5, 0.6) is 0 Å². The number of rotatable bonds is 16. The Morgan fingerprint density at radius 1 is 0.906 bits per heavy atom. The molecule has 3 nitrogen and oxygen atoms in total. The number of carbonyl (C=O) groups is 1. The van der Waals surface area contributed by atoms with Crippen molar-refractivity contribution in [2.45, 2.75) is 129 Å². The predicted molar refractivity (Wildman–Crippen MR) is 136 cm³/mol. The highest BCUT2D eigenvalue weighted by atomic mass is 16.6. The summed E-state index contributed by atoms with van der Waals surface area (Å²) >= 11 is 0. The summed E-state index contributed by atoms with van der Waals surface area (Å²) in [7, 11) is 0. The molecular weight excluding hydrogens is 394 g/mol. The molecule has 1 heterocycles. The summed E-state index contributed by atoms with van der Waals surface area (Å²) in [6.45, 7) is 8.88. The van der Waals surface area contributed by atoms with Gasteiger partial charge in [-0.15, -0.1) is 0 Å². The largest absolute Gasteiger partial charge is 0.459 e. The summed E-state index contributed by atoms with van der Waals surface area (Å²) in [6.07, 6.45) is 20.7. The second-order valence-corrected chi connectivity index (χ2v) is 10.4. The lowest BCUT2D eigenvalue weighted by atomic mass is 10.1. The van der Waals surface area contributed by atoms with Crippen molar-refractivity contribution in [3.63, 3.8) is 0 Å². The summed E-state index contributed by atoms with van der Waals surface area (Å²) in [4.78, 5) is 14.9. The quantitative estimate of drug-likeness (QED) is 0.113. The molecule has 0 N–H and O–H groups in total. The number of benzene rings is 1. The Bertz CT molecular complexity index is 661. The Labute approximate surface area is 197 Å². The van der Waals surface area contributed by atoms with Crippen LogP contribution in [-0.4, -0.2) is 28.6 Å². The first-order valence-electron chi connectivity index (χ1n) is 13.1. The summed E-state index contributed by atoms with van der Waals surface area (Å²) in [5.41, 5.74) is 0.796. The van der Waals surface area contributed by atoms with Gasteiger partial charge in [0.1, 0.15) is 11.6 Å². The highest BCUT2D eigenvalue weighted by Gasteiger charge is 2.52. The van der Waals surface area contributed by atoms with E-state index in [1.54, 1.807) is 0 Å². The topological polar surface area (TPSA) is 29.3 Å². The van der Waals surface area contributed by atoms with Crippen LogP contribution in [0.1, 0.15) is 110 Å². The summed E-state index contributed by atoms with van der Waals surface area (Å²) in [5.74, 6) is -0.0993. The molecule has 1 aliphatic heterocycles. The molecule has 3 heteroatoms. The molecule has 180 valence electrons. The van der Waals surface area contributed by atoms with E-state index in [4.69, 9.17) is 4.74 Å². The Morgan fingerprint density at radius 2 is 1.47 bits per heavy atom. The van der Waals surface area contributed by atoms with E-state index in [-0.39, 0.29) is 18.1 Å². The maximum atomic E-state index is 12.7. The molecule has 1 aromatic rings. The normalized spacial score (nSPS) is 20.6. The SMILES string of the molecule is CCCCCCCCCCCCC/C=C/[C@H]1[C@H](C(=O)OC(C)(C)C)N1Cc1ccccc1. The number of nitrogens with zero attached hydrogens (tertiary/aromatic N) is 1. The van der Waals surface area contributed by atoms with Gasteiger partial charge in [0.2, 0.25) is 0 Å². The third-order valence-corrected chi connectivity index (χ3v) is 6.14. The molecule has 0 bridgehead atoms. The van der Waals surface area contributed by atoms with Crippen LogP contribution in [-0.2, 0) is 16.1 Å². The highest BCUT2D eigenvalue weighted by Crippen LogP contribution is 2.34. The maximum Gasteiger partial charge on any atom is 0.325 e. The van der Waals surface area contributed by atoms with Gasteiger partial charge in [0.15, 0.2) is 0 Å². The summed E-state index contributed by atoms with van der Waals surface area (Å²) < 4.78 is 5.66. The first-order chi connectivity index (χ1) is 15.4. The van der Waals surface area contributed by atoms with E-state index >= 15 is 0 Å².